The Hall–Kier alpha value is -4.21. The van der Waals surface area contributed by atoms with Gasteiger partial charge in [0, 0.05) is 16.7 Å². The van der Waals surface area contributed by atoms with E-state index in [4.69, 9.17) is 25.9 Å². The molecule has 1 N–H and O–H groups in total. The van der Waals surface area contributed by atoms with Crippen molar-refractivity contribution in [3.05, 3.63) is 114 Å². The first kappa shape index (κ1) is 25.4. The summed E-state index contributed by atoms with van der Waals surface area (Å²) in [5, 5.41) is 9.64. The third kappa shape index (κ3) is 4.73. The lowest BCUT2D eigenvalue weighted by molar-refractivity contribution is -0.139. The Kier molecular flexibility index (Phi) is 6.88. The Morgan fingerprint density at radius 2 is 1.84 bits per heavy atom. The molecule has 5 rings (SSSR count). The number of carbonyl (C=O) groups is 2. The molecule has 2 aromatic heterocycles. The highest BCUT2D eigenvalue weighted by atomic mass is 35.5. The van der Waals surface area contributed by atoms with Crippen molar-refractivity contribution in [2.24, 2.45) is 4.99 Å². The van der Waals surface area contributed by atoms with Crippen LogP contribution in [0.2, 0.25) is 5.02 Å². The van der Waals surface area contributed by atoms with Crippen molar-refractivity contribution in [1.82, 2.24) is 4.57 Å². The maximum atomic E-state index is 13.7. The molecule has 0 amide bonds. The van der Waals surface area contributed by atoms with Gasteiger partial charge < -0.3 is 14.3 Å². The summed E-state index contributed by atoms with van der Waals surface area (Å²) in [5.41, 5.74) is 2.01. The van der Waals surface area contributed by atoms with Crippen LogP contribution in [-0.2, 0) is 9.53 Å². The monoisotopic (exact) mass is 548 g/mol. The number of halogens is 1. The van der Waals surface area contributed by atoms with Crippen LogP contribution in [0.1, 0.15) is 41.6 Å². The largest absolute Gasteiger partial charge is 0.478 e. The molecule has 8 nitrogen and oxygen atoms in total. The Bertz CT molecular complexity index is 1760. The number of aromatic nitrogens is 1. The zero-order chi connectivity index (χ0) is 27.0. The maximum Gasteiger partial charge on any atom is 0.338 e. The van der Waals surface area contributed by atoms with E-state index in [1.54, 1.807) is 68.5 Å². The minimum absolute atomic E-state index is 0.175. The highest BCUT2D eigenvalue weighted by Crippen LogP contribution is 2.31. The van der Waals surface area contributed by atoms with Gasteiger partial charge in [0.15, 0.2) is 4.80 Å². The molecular formula is C28H21ClN2O6S. The van der Waals surface area contributed by atoms with Gasteiger partial charge in [-0.1, -0.05) is 47.2 Å². The van der Waals surface area contributed by atoms with E-state index in [9.17, 15) is 14.4 Å². The number of furan rings is 1. The molecule has 1 aliphatic rings. The van der Waals surface area contributed by atoms with Crippen LogP contribution in [0.5, 0.6) is 0 Å². The van der Waals surface area contributed by atoms with Gasteiger partial charge in [-0.05, 0) is 55.8 Å². The number of hydrogen-bond acceptors (Lipinski definition) is 7. The Labute approximate surface area is 225 Å². The molecule has 1 atom stereocenters. The summed E-state index contributed by atoms with van der Waals surface area (Å²) in [6.07, 6.45) is 1.63. The summed E-state index contributed by atoms with van der Waals surface area (Å²) in [6, 6.07) is 16.0. The van der Waals surface area contributed by atoms with Crippen LogP contribution in [0.4, 0.5) is 0 Å². The second-order valence-electron chi connectivity index (χ2n) is 8.44. The van der Waals surface area contributed by atoms with E-state index >= 15 is 0 Å². The summed E-state index contributed by atoms with van der Waals surface area (Å²) >= 11 is 7.28. The van der Waals surface area contributed by atoms with E-state index < -0.39 is 18.0 Å². The smallest absolute Gasteiger partial charge is 0.338 e. The molecule has 38 heavy (non-hydrogen) atoms. The van der Waals surface area contributed by atoms with Gasteiger partial charge in [0.25, 0.3) is 5.56 Å². The lowest BCUT2D eigenvalue weighted by Gasteiger charge is -2.24. The van der Waals surface area contributed by atoms with Crippen LogP contribution in [0.3, 0.4) is 0 Å². The van der Waals surface area contributed by atoms with Crippen LogP contribution in [0.25, 0.3) is 17.4 Å². The number of hydrogen-bond donors (Lipinski definition) is 1. The summed E-state index contributed by atoms with van der Waals surface area (Å²) in [4.78, 5) is 42.7. The molecule has 0 spiro atoms. The van der Waals surface area contributed by atoms with Gasteiger partial charge in [0.05, 0.1) is 34.0 Å². The molecular weight excluding hydrogens is 528 g/mol. The molecule has 2 aromatic carbocycles. The fourth-order valence-corrected chi connectivity index (χ4v) is 5.40. The number of benzene rings is 2. The summed E-state index contributed by atoms with van der Waals surface area (Å²) in [6.45, 7) is 3.63. The number of fused-ring (bicyclic) bond motifs is 1. The molecule has 0 unspecified atom stereocenters. The summed E-state index contributed by atoms with van der Waals surface area (Å²) < 4.78 is 13.1. The number of nitrogens with zero attached hydrogens (tertiary/aromatic N) is 2. The number of carboxylic acids is 1. The first-order chi connectivity index (χ1) is 18.3. The predicted molar refractivity (Wildman–Crippen MR) is 143 cm³/mol. The van der Waals surface area contributed by atoms with Gasteiger partial charge >= 0.3 is 11.9 Å². The van der Waals surface area contributed by atoms with Crippen LogP contribution in [0, 0.1) is 0 Å². The fourth-order valence-electron chi connectivity index (χ4n) is 4.24. The lowest BCUT2D eigenvalue weighted by atomic mass is 9.96. The first-order valence-corrected chi connectivity index (χ1v) is 12.8. The Morgan fingerprint density at radius 3 is 2.50 bits per heavy atom. The average molecular weight is 549 g/mol. The number of esters is 1. The van der Waals surface area contributed by atoms with Crippen molar-refractivity contribution >= 4 is 41.0 Å². The molecule has 0 saturated carbocycles. The second kappa shape index (κ2) is 10.3. The van der Waals surface area contributed by atoms with Crippen molar-refractivity contribution in [1.29, 1.82) is 0 Å². The highest BCUT2D eigenvalue weighted by Gasteiger charge is 2.33. The Morgan fingerprint density at radius 1 is 1.13 bits per heavy atom. The van der Waals surface area contributed by atoms with Crippen LogP contribution < -0.4 is 14.9 Å². The van der Waals surface area contributed by atoms with Gasteiger partial charge in [-0.25, -0.2) is 14.6 Å². The third-order valence-electron chi connectivity index (χ3n) is 6.02. The van der Waals surface area contributed by atoms with Crippen LogP contribution >= 0.6 is 22.9 Å². The molecule has 0 bridgehead atoms. The molecule has 4 aromatic rings. The number of carbonyl (C=O) groups excluding carboxylic acids is 1. The maximum absolute atomic E-state index is 13.7. The molecule has 3 heterocycles. The van der Waals surface area contributed by atoms with Crippen molar-refractivity contribution in [2.45, 2.75) is 19.9 Å². The number of aromatic carboxylic acids is 1. The van der Waals surface area contributed by atoms with Gasteiger partial charge in [0.1, 0.15) is 11.5 Å². The molecule has 0 aliphatic carbocycles. The average Bonchev–Trinajstić information content (AvgIpc) is 3.48. The molecule has 1 aliphatic heterocycles. The molecule has 10 heteroatoms. The Balaban J connectivity index is 1.59. The van der Waals surface area contributed by atoms with Gasteiger partial charge in [-0.15, -0.1) is 0 Å². The minimum Gasteiger partial charge on any atom is -0.478 e. The van der Waals surface area contributed by atoms with E-state index in [1.165, 1.54) is 28.0 Å². The molecule has 192 valence electrons. The fraction of sp³-hybridized carbons (Fsp3) is 0.143. The number of allylic oxidation sites excluding steroid dienone is 1. The van der Waals surface area contributed by atoms with Crippen molar-refractivity contribution in [3.8, 4) is 11.3 Å². The number of thiazole rings is 1. The quantitative estimate of drug-likeness (QED) is 0.357. The molecule has 0 radical (unpaired) electrons. The lowest BCUT2D eigenvalue weighted by Crippen LogP contribution is -2.39. The number of rotatable bonds is 6. The minimum atomic E-state index is -1.01. The zero-order valence-electron chi connectivity index (χ0n) is 20.3. The van der Waals surface area contributed by atoms with Crippen LogP contribution in [0.15, 0.2) is 86.1 Å². The molecule has 0 fully saturated rings. The predicted octanol–water partition coefficient (Wildman–Crippen LogP) is 4.41. The second-order valence-corrected chi connectivity index (χ2v) is 9.88. The van der Waals surface area contributed by atoms with E-state index in [2.05, 4.69) is 4.99 Å². The third-order valence-corrected chi connectivity index (χ3v) is 7.25. The van der Waals surface area contributed by atoms with Gasteiger partial charge in [-0.2, -0.15) is 0 Å². The van der Waals surface area contributed by atoms with E-state index in [1.807, 2.05) is 0 Å². The van der Waals surface area contributed by atoms with E-state index in [0.717, 1.165) is 0 Å². The molecule has 0 saturated heterocycles. The van der Waals surface area contributed by atoms with Crippen LogP contribution in [-0.4, -0.2) is 28.2 Å². The topological polar surface area (TPSA) is 111 Å². The number of carboxylic acid groups (broad SMARTS) is 1. The van der Waals surface area contributed by atoms with Crippen molar-refractivity contribution < 1.29 is 23.8 Å². The van der Waals surface area contributed by atoms with E-state index in [-0.39, 0.29) is 17.7 Å². The summed E-state index contributed by atoms with van der Waals surface area (Å²) in [5.74, 6) is -0.574. The van der Waals surface area contributed by atoms with Gasteiger partial charge in [-0.3, -0.25) is 9.36 Å². The first-order valence-electron chi connectivity index (χ1n) is 11.7. The summed E-state index contributed by atoms with van der Waals surface area (Å²) in [7, 11) is 0. The highest BCUT2D eigenvalue weighted by molar-refractivity contribution is 7.07. The van der Waals surface area contributed by atoms with E-state index in [0.29, 0.717) is 48.3 Å². The van der Waals surface area contributed by atoms with Gasteiger partial charge in [0.2, 0.25) is 0 Å². The SMILES string of the molecule is CCOC(=O)C1=C(C)N=c2s/c(=C\c3ccc(-c4ccc(C(=O)O)cc4)o3)c(=O)n2[C@H]1c1ccc(Cl)cc1. The zero-order valence-corrected chi connectivity index (χ0v) is 21.9. The van der Waals surface area contributed by atoms with Crippen molar-refractivity contribution in [2.75, 3.05) is 6.61 Å². The standard InChI is InChI=1S/C28H21ClN2O6S/c1-3-36-27(35)23-15(2)30-28-31(24(23)17-8-10-19(29)11-9-17)25(32)22(38-28)14-20-12-13-21(37-20)16-4-6-18(7-5-16)26(33)34/h4-14,24H,3H2,1-2H3,(H,33,34)/b22-14-/t24-/m0/s1. The van der Waals surface area contributed by atoms with Crippen molar-refractivity contribution in [3.63, 3.8) is 0 Å². The number of ether oxygens (including phenoxy) is 1. The normalized spacial score (nSPS) is 15.2.